The van der Waals surface area contributed by atoms with Crippen LogP contribution >= 0.6 is 0 Å². The Labute approximate surface area is 117 Å². The molecule has 5 heteroatoms. The minimum Gasteiger partial charge on any atom is -0.275 e. The number of nitrogens with zero attached hydrogens (tertiary/aromatic N) is 1. The van der Waals surface area contributed by atoms with Crippen LogP contribution in [-0.2, 0) is 4.79 Å². The van der Waals surface area contributed by atoms with E-state index in [-0.39, 0.29) is 5.91 Å². The summed E-state index contributed by atoms with van der Waals surface area (Å²) >= 11 is 0. The van der Waals surface area contributed by atoms with E-state index in [1.807, 2.05) is 0 Å². The van der Waals surface area contributed by atoms with E-state index in [0.717, 1.165) is 24.3 Å². The number of hydrogen-bond donors (Lipinski definition) is 2. The molecule has 0 saturated heterocycles. The monoisotopic (exact) mass is 271 g/mol. The predicted octanol–water partition coefficient (Wildman–Crippen LogP) is 2.68. The lowest BCUT2D eigenvalue weighted by Crippen LogP contribution is -2.47. The van der Waals surface area contributed by atoms with E-state index in [2.05, 4.69) is 24.7 Å². The summed E-state index contributed by atoms with van der Waals surface area (Å²) in [6.07, 6.45) is 7.23. The molecule has 0 fully saturated rings. The molecule has 0 saturated carbocycles. The van der Waals surface area contributed by atoms with E-state index in [4.69, 9.17) is 0 Å². The number of urea groups is 1. The fourth-order valence-corrected chi connectivity index (χ4v) is 1.94. The molecule has 0 aromatic rings. The van der Waals surface area contributed by atoms with Crippen molar-refractivity contribution < 1.29 is 9.59 Å². The van der Waals surface area contributed by atoms with Crippen LogP contribution in [0, 0.1) is 5.92 Å². The predicted molar refractivity (Wildman–Crippen MR) is 77.5 cm³/mol. The van der Waals surface area contributed by atoms with Crippen LogP contribution < -0.4 is 10.9 Å². The highest BCUT2D eigenvalue weighted by Gasteiger charge is 2.12. The number of hydrazine groups is 1. The standard InChI is InChI=1S/C14H29N3O2/c1-5-7-8-10-13(9-6-2)11-15-16-14(19)17(4)12(3)18/h13,15H,5-11H2,1-4H3,(H,16,19). The Morgan fingerprint density at radius 2 is 1.79 bits per heavy atom. The minimum atomic E-state index is -0.406. The zero-order valence-corrected chi connectivity index (χ0v) is 12.8. The number of carbonyl (C=O) groups is 2. The molecule has 0 aliphatic carbocycles. The first-order valence-corrected chi connectivity index (χ1v) is 7.30. The number of nitrogens with one attached hydrogen (secondary N) is 2. The largest absolute Gasteiger partial charge is 0.338 e. The first-order valence-electron chi connectivity index (χ1n) is 7.30. The lowest BCUT2D eigenvalue weighted by Gasteiger charge is -2.19. The summed E-state index contributed by atoms with van der Waals surface area (Å²) in [5.41, 5.74) is 5.50. The summed E-state index contributed by atoms with van der Waals surface area (Å²) in [5.74, 6) is 0.312. The van der Waals surface area contributed by atoms with E-state index in [9.17, 15) is 9.59 Å². The lowest BCUT2D eigenvalue weighted by atomic mass is 9.97. The average molecular weight is 271 g/mol. The van der Waals surface area contributed by atoms with Crippen molar-refractivity contribution in [3.05, 3.63) is 0 Å². The number of carbonyl (C=O) groups excluding carboxylic acids is 2. The number of amides is 3. The fourth-order valence-electron chi connectivity index (χ4n) is 1.94. The van der Waals surface area contributed by atoms with Crippen molar-refractivity contribution >= 4 is 11.9 Å². The van der Waals surface area contributed by atoms with Gasteiger partial charge in [-0.25, -0.2) is 10.2 Å². The zero-order chi connectivity index (χ0) is 14.7. The van der Waals surface area contributed by atoms with Gasteiger partial charge in [-0.1, -0.05) is 39.5 Å². The molecule has 112 valence electrons. The van der Waals surface area contributed by atoms with Gasteiger partial charge in [0.2, 0.25) is 5.91 Å². The Morgan fingerprint density at radius 3 is 2.32 bits per heavy atom. The molecule has 0 aliphatic heterocycles. The van der Waals surface area contributed by atoms with Gasteiger partial charge >= 0.3 is 6.03 Å². The molecule has 19 heavy (non-hydrogen) atoms. The van der Waals surface area contributed by atoms with Gasteiger partial charge < -0.3 is 0 Å². The third kappa shape index (κ3) is 8.59. The van der Waals surface area contributed by atoms with Crippen LogP contribution in [0.5, 0.6) is 0 Å². The van der Waals surface area contributed by atoms with Gasteiger partial charge in [0.25, 0.3) is 0 Å². The SMILES string of the molecule is CCCCCC(CCC)CNNC(=O)N(C)C(C)=O. The highest BCUT2D eigenvalue weighted by molar-refractivity contribution is 5.92. The molecule has 1 atom stereocenters. The Hall–Kier alpha value is -1.10. The number of unbranched alkanes of at least 4 members (excludes halogenated alkanes) is 2. The van der Waals surface area contributed by atoms with Gasteiger partial charge in [-0.2, -0.15) is 0 Å². The van der Waals surface area contributed by atoms with Crippen LogP contribution in [0.25, 0.3) is 0 Å². The summed E-state index contributed by atoms with van der Waals surface area (Å²) in [5, 5.41) is 0. The van der Waals surface area contributed by atoms with Gasteiger partial charge in [0, 0.05) is 20.5 Å². The smallest absolute Gasteiger partial charge is 0.275 e. The van der Waals surface area contributed by atoms with Crippen LogP contribution in [0.15, 0.2) is 0 Å². The van der Waals surface area contributed by atoms with Crippen molar-refractivity contribution in [1.29, 1.82) is 0 Å². The molecule has 0 spiro atoms. The molecule has 0 aliphatic rings. The van der Waals surface area contributed by atoms with Crippen LogP contribution in [0.2, 0.25) is 0 Å². The first-order chi connectivity index (χ1) is 9.02. The zero-order valence-electron chi connectivity index (χ0n) is 12.8. The highest BCUT2D eigenvalue weighted by Crippen LogP contribution is 2.14. The Morgan fingerprint density at radius 1 is 1.11 bits per heavy atom. The molecular formula is C14H29N3O2. The van der Waals surface area contributed by atoms with Gasteiger partial charge in [-0.3, -0.25) is 15.1 Å². The molecule has 0 bridgehead atoms. The Bertz CT molecular complexity index is 269. The van der Waals surface area contributed by atoms with Crippen molar-refractivity contribution in [2.75, 3.05) is 13.6 Å². The van der Waals surface area contributed by atoms with E-state index in [1.54, 1.807) is 0 Å². The quantitative estimate of drug-likeness (QED) is 0.500. The van der Waals surface area contributed by atoms with Crippen molar-refractivity contribution in [3.63, 3.8) is 0 Å². The molecule has 3 amide bonds. The van der Waals surface area contributed by atoms with Gasteiger partial charge in [0.15, 0.2) is 0 Å². The van der Waals surface area contributed by atoms with Crippen LogP contribution in [0.4, 0.5) is 4.79 Å². The minimum absolute atomic E-state index is 0.271. The molecule has 0 aromatic carbocycles. The van der Waals surface area contributed by atoms with E-state index < -0.39 is 6.03 Å². The third-order valence-electron chi connectivity index (χ3n) is 3.28. The summed E-state index contributed by atoms with van der Waals surface area (Å²) in [6.45, 7) is 6.50. The maximum absolute atomic E-state index is 11.5. The molecule has 0 aromatic heterocycles. The number of hydrogen-bond acceptors (Lipinski definition) is 3. The molecule has 0 heterocycles. The van der Waals surface area contributed by atoms with Crippen LogP contribution in [0.1, 0.15) is 59.3 Å². The van der Waals surface area contributed by atoms with Crippen LogP contribution in [-0.4, -0.2) is 30.4 Å². The van der Waals surface area contributed by atoms with Gasteiger partial charge in [0.05, 0.1) is 0 Å². The van der Waals surface area contributed by atoms with Crippen molar-refractivity contribution in [2.45, 2.75) is 59.3 Å². The van der Waals surface area contributed by atoms with E-state index >= 15 is 0 Å². The van der Waals surface area contributed by atoms with Gasteiger partial charge in [-0.15, -0.1) is 0 Å². The average Bonchev–Trinajstić information content (AvgIpc) is 2.37. The fraction of sp³-hybridized carbons (Fsp3) is 0.857. The van der Waals surface area contributed by atoms with E-state index in [0.29, 0.717) is 5.92 Å². The maximum atomic E-state index is 11.5. The second kappa shape index (κ2) is 10.8. The lowest BCUT2D eigenvalue weighted by molar-refractivity contribution is -0.125. The molecule has 1 unspecified atom stereocenters. The van der Waals surface area contributed by atoms with E-state index in [1.165, 1.54) is 39.7 Å². The molecule has 2 N–H and O–H groups in total. The molecule has 0 radical (unpaired) electrons. The topological polar surface area (TPSA) is 61.4 Å². The summed E-state index contributed by atoms with van der Waals surface area (Å²) < 4.78 is 0. The maximum Gasteiger partial charge on any atom is 0.338 e. The second-order valence-corrected chi connectivity index (χ2v) is 5.04. The van der Waals surface area contributed by atoms with Crippen molar-refractivity contribution in [3.8, 4) is 0 Å². The highest BCUT2D eigenvalue weighted by atomic mass is 16.2. The Balaban J connectivity index is 3.91. The summed E-state index contributed by atoms with van der Waals surface area (Å²) in [4.78, 5) is 23.6. The first kappa shape index (κ1) is 17.9. The Kier molecular flexibility index (Phi) is 10.2. The number of imide groups is 1. The van der Waals surface area contributed by atoms with Gasteiger partial charge in [-0.05, 0) is 18.8 Å². The molecular weight excluding hydrogens is 242 g/mol. The van der Waals surface area contributed by atoms with Crippen molar-refractivity contribution in [1.82, 2.24) is 15.8 Å². The summed E-state index contributed by atoms with van der Waals surface area (Å²) in [7, 11) is 1.46. The van der Waals surface area contributed by atoms with Crippen molar-refractivity contribution in [2.24, 2.45) is 5.92 Å². The molecule has 0 rings (SSSR count). The van der Waals surface area contributed by atoms with Gasteiger partial charge in [0.1, 0.15) is 0 Å². The molecule has 5 nitrogen and oxygen atoms in total. The second-order valence-electron chi connectivity index (χ2n) is 5.04. The third-order valence-corrected chi connectivity index (χ3v) is 3.28. The summed E-state index contributed by atoms with van der Waals surface area (Å²) in [6, 6.07) is -0.406. The van der Waals surface area contributed by atoms with Crippen LogP contribution in [0.3, 0.4) is 0 Å². The normalized spacial score (nSPS) is 12.0. The number of rotatable bonds is 9.